The SMILES string of the molecule is O=C(CC1(O)CCCC1)N1CCC(CCCN2CCOCC2)CC1. The van der Waals surface area contributed by atoms with Gasteiger partial charge in [-0.25, -0.2) is 0 Å². The van der Waals surface area contributed by atoms with Gasteiger partial charge in [0, 0.05) is 26.2 Å². The van der Waals surface area contributed by atoms with Gasteiger partial charge in [-0.2, -0.15) is 0 Å². The maximum absolute atomic E-state index is 12.4. The molecule has 3 aliphatic rings. The summed E-state index contributed by atoms with van der Waals surface area (Å²) in [7, 11) is 0. The number of amides is 1. The number of rotatable bonds is 6. The van der Waals surface area contributed by atoms with Crippen molar-refractivity contribution >= 4 is 5.91 Å². The first-order valence-electron chi connectivity index (χ1n) is 9.95. The van der Waals surface area contributed by atoms with Crippen LogP contribution in [0.1, 0.15) is 57.8 Å². The zero-order chi connectivity index (χ0) is 16.8. The first kappa shape index (κ1) is 18.2. The van der Waals surface area contributed by atoms with E-state index in [-0.39, 0.29) is 5.91 Å². The number of likely N-dealkylation sites (tertiary alicyclic amines) is 1. The number of hydrogen-bond donors (Lipinski definition) is 1. The lowest BCUT2D eigenvalue weighted by atomic mass is 9.91. The monoisotopic (exact) mass is 338 g/mol. The second kappa shape index (κ2) is 8.63. The fraction of sp³-hybridized carbons (Fsp3) is 0.947. The molecule has 3 fully saturated rings. The number of carbonyl (C=O) groups is 1. The molecule has 138 valence electrons. The fourth-order valence-corrected chi connectivity index (χ4v) is 4.50. The fourth-order valence-electron chi connectivity index (χ4n) is 4.50. The minimum atomic E-state index is -0.702. The Morgan fingerprint density at radius 3 is 2.42 bits per heavy atom. The Morgan fingerprint density at radius 1 is 1.08 bits per heavy atom. The number of nitrogens with zero attached hydrogens (tertiary/aromatic N) is 2. The molecule has 0 unspecified atom stereocenters. The predicted octanol–water partition coefficient (Wildman–Crippen LogP) is 2.03. The predicted molar refractivity (Wildman–Crippen MR) is 93.8 cm³/mol. The Morgan fingerprint density at radius 2 is 1.75 bits per heavy atom. The van der Waals surface area contributed by atoms with Crippen molar-refractivity contribution in [3.8, 4) is 0 Å². The lowest BCUT2D eigenvalue weighted by molar-refractivity contribution is -0.137. The molecule has 3 rings (SSSR count). The van der Waals surface area contributed by atoms with Gasteiger partial charge in [0.15, 0.2) is 0 Å². The highest BCUT2D eigenvalue weighted by molar-refractivity contribution is 5.77. The summed E-state index contributed by atoms with van der Waals surface area (Å²) in [5, 5.41) is 10.4. The summed E-state index contributed by atoms with van der Waals surface area (Å²) < 4.78 is 5.39. The van der Waals surface area contributed by atoms with Crippen molar-refractivity contribution in [1.29, 1.82) is 0 Å². The maximum Gasteiger partial charge on any atom is 0.225 e. The summed E-state index contributed by atoms with van der Waals surface area (Å²) in [5.74, 6) is 0.941. The summed E-state index contributed by atoms with van der Waals surface area (Å²) in [6.45, 7) is 6.88. The van der Waals surface area contributed by atoms with Crippen LogP contribution in [-0.2, 0) is 9.53 Å². The van der Waals surface area contributed by atoms with Crippen molar-refractivity contribution in [1.82, 2.24) is 9.80 Å². The lowest BCUT2D eigenvalue weighted by Crippen LogP contribution is -2.42. The molecule has 5 heteroatoms. The van der Waals surface area contributed by atoms with Crippen LogP contribution in [0.25, 0.3) is 0 Å². The summed E-state index contributed by atoms with van der Waals surface area (Å²) in [4.78, 5) is 16.9. The molecule has 1 aliphatic carbocycles. The molecule has 1 N–H and O–H groups in total. The third-order valence-corrected chi connectivity index (χ3v) is 6.17. The highest BCUT2D eigenvalue weighted by Crippen LogP contribution is 2.33. The molecule has 1 amide bonds. The molecule has 2 heterocycles. The molecule has 0 aromatic carbocycles. The van der Waals surface area contributed by atoms with E-state index in [1.165, 1.54) is 19.4 Å². The first-order valence-corrected chi connectivity index (χ1v) is 9.95. The molecule has 0 spiro atoms. The third kappa shape index (κ3) is 5.17. The lowest BCUT2D eigenvalue weighted by Gasteiger charge is -2.34. The normalized spacial score (nSPS) is 26.0. The number of carbonyl (C=O) groups excluding carboxylic acids is 1. The van der Waals surface area contributed by atoms with Crippen LogP contribution >= 0.6 is 0 Å². The highest BCUT2D eigenvalue weighted by atomic mass is 16.5. The second-order valence-electron chi connectivity index (χ2n) is 8.03. The Labute approximate surface area is 146 Å². The van der Waals surface area contributed by atoms with E-state index in [1.807, 2.05) is 4.90 Å². The average molecular weight is 338 g/mol. The van der Waals surface area contributed by atoms with Crippen LogP contribution in [0.15, 0.2) is 0 Å². The van der Waals surface area contributed by atoms with Crippen molar-refractivity contribution in [2.45, 2.75) is 63.4 Å². The van der Waals surface area contributed by atoms with Gasteiger partial charge in [0.05, 0.1) is 25.2 Å². The summed E-state index contributed by atoms with van der Waals surface area (Å²) >= 11 is 0. The maximum atomic E-state index is 12.4. The molecule has 0 bridgehead atoms. The topological polar surface area (TPSA) is 53.0 Å². The Hall–Kier alpha value is -0.650. The van der Waals surface area contributed by atoms with Crippen LogP contribution in [0.4, 0.5) is 0 Å². The van der Waals surface area contributed by atoms with Gasteiger partial charge in [0.25, 0.3) is 0 Å². The zero-order valence-electron chi connectivity index (χ0n) is 15.0. The number of hydrogen-bond acceptors (Lipinski definition) is 4. The van der Waals surface area contributed by atoms with E-state index in [2.05, 4.69) is 4.90 Å². The Balaban J connectivity index is 1.31. The van der Waals surface area contributed by atoms with Crippen molar-refractivity contribution in [2.24, 2.45) is 5.92 Å². The van der Waals surface area contributed by atoms with Gasteiger partial charge in [0.1, 0.15) is 0 Å². The summed E-state index contributed by atoms with van der Waals surface area (Å²) in [5.41, 5.74) is -0.702. The molecule has 5 nitrogen and oxygen atoms in total. The zero-order valence-corrected chi connectivity index (χ0v) is 15.0. The smallest absolute Gasteiger partial charge is 0.225 e. The minimum absolute atomic E-state index is 0.172. The van der Waals surface area contributed by atoms with Crippen LogP contribution in [0.2, 0.25) is 0 Å². The molecule has 0 aromatic heterocycles. The van der Waals surface area contributed by atoms with Crippen LogP contribution in [0.3, 0.4) is 0 Å². The van der Waals surface area contributed by atoms with Gasteiger partial charge in [-0.3, -0.25) is 9.69 Å². The van der Waals surface area contributed by atoms with Gasteiger partial charge >= 0.3 is 0 Å². The van der Waals surface area contributed by atoms with Crippen LogP contribution in [-0.4, -0.2) is 72.4 Å². The van der Waals surface area contributed by atoms with E-state index in [4.69, 9.17) is 4.74 Å². The van der Waals surface area contributed by atoms with E-state index in [0.717, 1.165) is 83.8 Å². The van der Waals surface area contributed by atoms with Crippen LogP contribution in [0.5, 0.6) is 0 Å². The standard InChI is InChI=1S/C19H34N2O3/c22-18(16-19(23)7-1-2-8-19)21-10-5-17(6-11-21)4-3-9-20-12-14-24-15-13-20/h17,23H,1-16H2. The van der Waals surface area contributed by atoms with E-state index in [1.54, 1.807) is 0 Å². The summed E-state index contributed by atoms with van der Waals surface area (Å²) in [6.07, 6.45) is 8.88. The minimum Gasteiger partial charge on any atom is -0.389 e. The van der Waals surface area contributed by atoms with Gasteiger partial charge in [-0.1, -0.05) is 12.8 Å². The molecular formula is C19H34N2O3. The number of aliphatic hydroxyl groups is 1. The van der Waals surface area contributed by atoms with Gasteiger partial charge < -0.3 is 14.7 Å². The number of ether oxygens (including phenoxy) is 1. The largest absolute Gasteiger partial charge is 0.389 e. The quantitative estimate of drug-likeness (QED) is 0.805. The second-order valence-corrected chi connectivity index (χ2v) is 8.03. The van der Waals surface area contributed by atoms with Gasteiger partial charge in [-0.05, 0) is 51.0 Å². The molecule has 0 aromatic rings. The highest BCUT2D eigenvalue weighted by Gasteiger charge is 2.35. The molecule has 1 saturated carbocycles. The van der Waals surface area contributed by atoms with E-state index >= 15 is 0 Å². The van der Waals surface area contributed by atoms with E-state index in [9.17, 15) is 9.90 Å². The van der Waals surface area contributed by atoms with Gasteiger partial charge in [0.2, 0.25) is 5.91 Å². The summed E-state index contributed by atoms with van der Waals surface area (Å²) in [6, 6.07) is 0. The third-order valence-electron chi connectivity index (χ3n) is 6.17. The van der Waals surface area contributed by atoms with Crippen molar-refractivity contribution in [3.63, 3.8) is 0 Å². The Bertz CT molecular complexity index is 395. The van der Waals surface area contributed by atoms with Crippen LogP contribution in [0, 0.1) is 5.92 Å². The molecule has 0 atom stereocenters. The van der Waals surface area contributed by atoms with Crippen LogP contribution < -0.4 is 0 Å². The Kier molecular flexibility index (Phi) is 6.53. The van der Waals surface area contributed by atoms with Gasteiger partial charge in [-0.15, -0.1) is 0 Å². The van der Waals surface area contributed by atoms with E-state index in [0.29, 0.717) is 6.42 Å². The van der Waals surface area contributed by atoms with E-state index < -0.39 is 5.60 Å². The van der Waals surface area contributed by atoms with Crippen molar-refractivity contribution in [2.75, 3.05) is 45.9 Å². The van der Waals surface area contributed by atoms with Crippen molar-refractivity contribution < 1.29 is 14.6 Å². The molecular weight excluding hydrogens is 304 g/mol. The first-order chi connectivity index (χ1) is 11.6. The molecule has 0 radical (unpaired) electrons. The number of morpholine rings is 1. The molecule has 2 aliphatic heterocycles. The molecule has 24 heavy (non-hydrogen) atoms. The van der Waals surface area contributed by atoms with Crippen molar-refractivity contribution in [3.05, 3.63) is 0 Å². The average Bonchev–Trinajstić information content (AvgIpc) is 3.02. The number of piperidine rings is 1. The molecule has 2 saturated heterocycles.